The summed E-state index contributed by atoms with van der Waals surface area (Å²) in [6, 6.07) is 39.4. The number of fused-ring (bicyclic) bond motifs is 6. The highest BCUT2D eigenvalue weighted by Crippen LogP contribution is 2.38. The zero-order chi connectivity index (χ0) is 23.1. The van der Waals surface area contributed by atoms with Crippen LogP contribution in [0.25, 0.3) is 60.6 Å². The van der Waals surface area contributed by atoms with Gasteiger partial charge in [0, 0.05) is 16.5 Å². The van der Waals surface area contributed by atoms with E-state index in [0.29, 0.717) is 0 Å². The molecular formula is C31H19N3O. The first-order valence-electron chi connectivity index (χ1n) is 11.8. The van der Waals surface area contributed by atoms with Crippen LogP contribution in [0.5, 0.6) is 0 Å². The molecule has 0 radical (unpaired) electrons. The second-order valence-corrected chi connectivity index (χ2v) is 9.00. The molecule has 6 aromatic rings. The van der Waals surface area contributed by atoms with Crippen LogP contribution in [-0.4, -0.2) is 13.5 Å². The number of rotatable bonds is 1. The minimum Gasteiger partial charge on any atom is -0.306 e. The number of para-hydroxylation sites is 5. The largest absolute Gasteiger partial charge is 0.306 e. The maximum Gasteiger partial charge on any atom is 0.263 e. The Morgan fingerprint density at radius 3 is 1.83 bits per heavy atom. The van der Waals surface area contributed by atoms with Crippen molar-refractivity contribution >= 4 is 49.3 Å². The normalized spacial score (nSPS) is 12.1. The summed E-state index contributed by atoms with van der Waals surface area (Å²) in [6.45, 7) is 0. The quantitative estimate of drug-likeness (QED) is 0.197. The van der Waals surface area contributed by atoms with Crippen molar-refractivity contribution in [3.05, 3.63) is 126 Å². The summed E-state index contributed by atoms with van der Waals surface area (Å²) in [6.07, 6.45) is 0. The van der Waals surface area contributed by atoms with Crippen LogP contribution in [0.15, 0.2) is 120 Å². The maximum absolute atomic E-state index is 14.0. The van der Waals surface area contributed by atoms with Crippen LogP contribution >= 0.6 is 0 Å². The second-order valence-electron chi connectivity index (χ2n) is 9.00. The first-order chi connectivity index (χ1) is 17.3. The molecule has 0 unspecified atom stereocenters. The Labute approximate surface area is 199 Å². The van der Waals surface area contributed by atoms with Crippen molar-refractivity contribution in [1.29, 1.82) is 0 Å². The highest BCUT2D eigenvalue weighted by atomic mass is 16.1. The van der Waals surface area contributed by atoms with Gasteiger partial charge in [-0.3, -0.25) is 9.20 Å². The number of nitrogens with zero attached hydrogens (tertiary/aromatic N) is 3. The van der Waals surface area contributed by atoms with E-state index in [0.717, 1.165) is 60.6 Å². The van der Waals surface area contributed by atoms with Crippen LogP contribution in [0.2, 0.25) is 0 Å². The molecule has 164 valence electrons. The van der Waals surface area contributed by atoms with Gasteiger partial charge in [0.2, 0.25) is 0 Å². The number of hydrogen-bond acceptors (Lipinski definition) is 1. The van der Waals surface area contributed by atoms with Gasteiger partial charge in [-0.15, -0.1) is 0 Å². The molecule has 2 aliphatic rings. The highest BCUT2D eigenvalue weighted by Gasteiger charge is 2.23. The van der Waals surface area contributed by atoms with Crippen molar-refractivity contribution in [1.82, 2.24) is 13.5 Å². The summed E-state index contributed by atoms with van der Waals surface area (Å²) in [5.41, 5.74) is 8.24. The van der Waals surface area contributed by atoms with Gasteiger partial charge in [-0.05, 0) is 53.9 Å². The summed E-state index contributed by atoms with van der Waals surface area (Å²) in [4.78, 5) is 14.0. The fourth-order valence-corrected chi connectivity index (χ4v) is 5.83. The predicted octanol–water partition coefficient (Wildman–Crippen LogP) is 6.93. The summed E-state index contributed by atoms with van der Waals surface area (Å²) in [5, 5.41) is 2.80. The zero-order valence-corrected chi connectivity index (χ0v) is 18.7. The van der Waals surface area contributed by atoms with E-state index in [4.69, 9.17) is 0 Å². The van der Waals surface area contributed by atoms with Crippen molar-refractivity contribution in [2.45, 2.75) is 0 Å². The lowest BCUT2D eigenvalue weighted by atomic mass is 10.0. The maximum atomic E-state index is 14.0. The standard InChI is InChI=1S/C31H19N3O/c35-31-23-13-5-4-12-21(23)22-14-8-17-26-29(22)34(31)28-19-9-18-27-30(28)33(26)25-16-7-6-15-24(25)32(27)20-10-2-1-3-11-20/h1-19H. The summed E-state index contributed by atoms with van der Waals surface area (Å²) < 4.78 is 6.54. The number of benzene rings is 5. The Bertz CT molecular complexity index is 2130. The molecule has 0 saturated heterocycles. The molecule has 0 fully saturated rings. The van der Waals surface area contributed by atoms with Gasteiger partial charge in [0.25, 0.3) is 5.56 Å². The van der Waals surface area contributed by atoms with E-state index in [9.17, 15) is 4.79 Å². The van der Waals surface area contributed by atoms with Gasteiger partial charge in [-0.2, -0.15) is 0 Å². The topological polar surface area (TPSA) is 31.3 Å². The van der Waals surface area contributed by atoms with Gasteiger partial charge in [0.05, 0.1) is 38.8 Å². The molecule has 1 aromatic heterocycles. The molecule has 35 heavy (non-hydrogen) atoms. The molecule has 0 bridgehead atoms. The summed E-state index contributed by atoms with van der Waals surface area (Å²) >= 11 is 0. The Morgan fingerprint density at radius 2 is 1.00 bits per heavy atom. The van der Waals surface area contributed by atoms with Crippen LogP contribution < -0.4 is 5.56 Å². The number of pyridine rings is 1. The molecule has 0 aliphatic carbocycles. The van der Waals surface area contributed by atoms with E-state index >= 15 is 0 Å². The van der Waals surface area contributed by atoms with Crippen LogP contribution in [-0.2, 0) is 0 Å². The molecule has 0 saturated carbocycles. The van der Waals surface area contributed by atoms with Crippen LogP contribution in [0.4, 0.5) is 0 Å². The molecule has 2 aliphatic heterocycles. The third kappa shape index (κ3) is 2.28. The average molecular weight is 450 g/mol. The Balaban J connectivity index is 1.78. The minimum atomic E-state index is 0.0127. The number of aromatic nitrogens is 3. The van der Waals surface area contributed by atoms with E-state index in [1.807, 2.05) is 34.7 Å². The molecule has 0 amide bonds. The molecule has 4 nitrogen and oxygen atoms in total. The highest BCUT2D eigenvalue weighted by molar-refractivity contribution is 6.13. The van der Waals surface area contributed by atoms with Crippen molar-refractivity contribution in [2.75, 3.05) is 0 Å². The van der Waals surface area contributed by atoms with E-state index in [1.165, 1.54) is 0 Å². The van der Waals surface area contributed by atoms with Gasteiger partial charge >= 0.3 is 0 Å². The monoisotopic (exact) mass is 449 g/mol. The molecule has 0 atom stereocenters. The van der Waals surface area contributed by atoms with Crippen LogP contribution in [0.1, 0.15) is 0 Å². The molecule has 8 rings (SSSR count). The van der Waals surface area contributed by atoms with Crippen LogP contribution in [0, 0.1) is 0 Å². The van der Waals surface area contributed by atoms with Crippen molar-refractivity contribution in [3.63, 3.8) is 0 Å². The third-order valence-electron chi connectivity index (χ3n) is 7.21. The molecular weight excluding hydrogens is 430 g/mol. The fraction of sp³-hybridized carbons (Fsp3) is 0. The van der Waals surface area contributed by atoms with Gasteiger partial charge < -0.3 is 9.13 Å². The summed E-state index contributed by atoms with van der Waals surface area (Å²) in [5.74, 6) is 0. The van der Waals surface area contributed by atoms with Crippen LogP contribution in [0.3, 0.4) is 0 Å². The zero-order valence-electron chi connectivity index (χ0n) is 18.7. The minimum absolute atomic E-state index is 0.0127. The Morgan fingerprint density at radius 1 is 0.429 bits per heavy atom. The molecule has 0 spiro atoms. The van der Waals surface area contributed by atoms with Gasteiger partial charge in [-0.1, -0.05) is 66.7 Å². The lowest BCUT2D eigenvalue weighted by Crippen LogP contribution is -2.21. The van der Waals surface area contributed by atoms with E-state index < -0.39 is 0 Å². The van der Waals surface area contributed by atoms with E-state index in [1.54, 1.807) is 0 Å². The lowest BCUT2D eigenvalue weighted by Gasteiger charge is -2.27. The summed E-state index contributed by atoms with van der Waals surface area (Å²) in [7, 11) is 0. The average Bonchev–Trinajstić information content (AvgIpc) is 2.92. The molecule has 4 heteroatoms. The Hall–Kier alpha value is -4.83. The molecule has 0 N–H and O–H groups in total. The van der Waals surface area contributed by atoms with Crippen molar-refractivity contribution in [3.8, 4) is 11.4 Å². The first-order valence-corrected chi connectivity index (χ1v) is 11.8. The molecule has 5 aromatic carbocycles. The number of hydrogen-bond donors (Lipinski definition) is 0. The predicted molar refractivity (Wildman–Crippen MR) is 144 cm³/mol. The SMILES string of the molecule is O=c1c2ccccc2c2cccc3c2n1c1cccc2c1-n3c1ccccc1n2-c1ccccc1. The lowest BCUT2D eigenvalue weighted by molar-refractivity contribution is 1.04. The fourth-order valence-electron chi connectivity index (χ4n) is 5.83. The first kappa shape index (κ1) is 18.6. The van der Waals surface area contributed by atoms with Crippen molar-refractivity contribution < 1.29 is 0 Å². The van der Waals surface area contributed by atoms with E-state index in [2.05, 4.69) is 94.1 Å². The Kier molecular flexibility index (Phi) is 3.51. The van der Waals surface area contributed by atoms with Gasteiger partial charge in [0.15, 0.2) is 0 Å². The van der Waals surface area contributed by atoms with Gasteiger partial charge in [-0.25, -0.2) is 0 Å². The van der Waals surface area contributed by atoms with E-state index in [-0.39, 0.29) is 5.56 Å². The smallest absolute Gasteiger partial charge is 0.263 e. The van der Waals surface area contributed by atoms with Gasteiger partial charge in [0.1, 0.15) is 0 Å². The molecule has 3 heterocycles. The second kappa shape index (κ2) is 6.61. The van der Waals surface area contributed by atoms with Crippen molar-refractivity contribution in [2.24, 2.45) is 0 Å². The third-order valence-corrected chi connectivity index (χ3v) is 7.21.